The average Bonchev–Trinajstić information content (AvgIpc) is 2.62. The van der Waals surface area contributed by atoms with Crippen LogP contribution in [0.25, 0.3) is 11.2 Å². The summed E-state index contributed by atoms with van der Waals surface area (Å²) in [4.78, 5) is 15.5. The molecule has 0 saturated heterocycles. The van der Waals surface area contributed by atoms with Crippen LogP contribution < -0.4 is 20.9 Å². The van der Waals surface area contributed by atoms with E-state index in [2.05, 4.69) is 30.9 Å². The standard InChI is InChI=1S/C18H21N7S/c1-4-19-18(26)24-15-9-8-14-17(22-15)23-16(11-20-14)21-12-6-5-7-13(10-12)25(2)3/h5-11H,4H2,1-3H3,(H3,19,21,22,23,24,26). The van der Waals surface area contributed by atoms with E-state index in [1.54, 1.807) is 6.20 Å². The molecule has 0 aliphatic heterocycles. The number of hydrogen-bond acceptors (Lipinski definition) is 6. The highest BCUT2D eigenvalue weighted by Crippen LogP contribution is 2.21. The van der Waals surface area contributed by atoms with E-state index in [0.717, 1.165) is 23.4 Å². The Labute approximate surface area is 157 Å². The van der Waals surface area contributed by atoms with Crippen LogP contribution in [0, 0.1) is 0 Å². The van der Waals surface area contributed by atoms with Gasteiger partial charge in [0.05, 0.1) is 6.20 Å². The van der Waals surface area contributed by atoms with Gasteiger partial charge in [0.15, 0.2) is 16.6 Å². The van der Waals surface area contributed by atoms with Crippen molar-refractivity contribution < 1.29 is 0 Å². The fraction of sp³-hybridized carbons (Fsp3) is 0.222. The van der Waals surface area contributed by atoms with Crippen molar-refractivity contribution in [3.05, 3.63) is 42.6 Å². The Bertz CT molecular complexity index is 926. The number of thiocarbonyl (C=S) groups is 1. The van der Waals surface area contributed by atoms with E-state index < -0.39 is 0 Å². The normalized spacial score (nSPS) is 10.4. The Morgan fingerprint density at radius 2 is 1.92 bits per heavy atom. The Hall–Kier alpha value is -3.00. The minimum absolute atomic E-state index is 0.530. The van der Waals surface area contributed by atoms with Crippen molar-refractivity contribution in [3.63, 3.8) is 0 Å². The van der Waals surface area contributed by atoms with E-state index in [9.17, 15) is 0 Å². The summed E-state index contributed by atoms with van der Waals surface area (Å²) >= 11 is 5.19. The monoisotopic (exact) mass is 367 g/mol. The summed E-state index contributed by atoms with van der Waals surface area (Å²) < 4.78 is 0. The molecule has 0 radical (unpaired) electrons. The first-order valence-electron chi connectivity index (χ1n) is 8.28. The SMILES string of the molecule is CCNC(=S)Nc1ccc2ncc(Nc3cccc(N(C)C)c3)nc2n1. The zero-order valence-corrected chi connectivity index (χ0v) is 15.8. The first-order chi connectivity index (χ1) is 12.5. The van der Waals surface area contributed by atoms with Crippen molar-refractivity contribution in [2.45, 2.75) is 6.92 Å². The lowest BCUT2D eigenvalue weighted by Crippen LogP contribution is -2.28. The molecule has 0 saturated carbocycles. The summed E-state index contributed by atoms with van der Waals surface area (Å²) in [5.41, 5.74) is 3.30. The van der Waals surface area contributed by atoms with E-state index >= 15 is 0 Å². The first-order valence-corrected chi connectivity index (χ1v) is 8.69. The Morgan fingerprint density at radius 1 is 1.12 bits per heavy atom. The van der Waals surface area contributed by atoms with Crippen molar-refractivity contribution in [1.82, 2.24) is 20.3 Å². The predicted octanol–water partition coefficient (Wildman–Crippen LogP) is 3.14. The summed E-state index contributed by atoms with van der Waals surface area (Å²) in [6, 6.07) is 11.8. The van der Waals surface area contributed by atoms with Crippen molar-refractivity contribution in [2.75, 3.05) is 36.2 Å². The van der Waals surface area contributed by atoms with Gasteiger partial charge in [0.25, 0.3) is 0 Å². The van der Waals surface area contributed by atoms with Gasteiger partial charge in [0.1, 0.15) is 11.3 Å². The van der Waals surface area contributed by atoms with Crippen molar-refractivity contribution in [2.24, 2.45) is 0 Å². The molecule has 0 fully saturated rings. The third-order valence-electron chi connectivity index (χ3n) is 3.62. The molecule has 7 nitrogen and oxygen atoms in total. The van der Waals surface area contributed by atoms with Crippen LogP contribution in [0.3, 0.4) is 0 Å². The number of nitrogens with zero attached hydrogens (tertiary/aromatic N) is 4. The lowest BCUT2D eigenvalue weighted by molar-refractivity contribution is 0.978. The highest BCUT2D eigenvalue weighted by atomic mass is 32.1. The number of anilines is 4. The molecular weight excluding hydrogens is 346 g/mol. The van der Waals surface area contributed by atoms with Gasteiger partial charge in [0, 0.05) is 32.0 Å². The fourth-order valence-electron chi connectivity index (χ4n) is 2.36. The molecule has 0 amide bonds. The van der Waals surface area contributed by atoms with Crippen molar-refractivity contribution in [3.8, 4) is 0 Å². The second-order valence-corrected chi connectivity index (χ2v) is 6.26. The van der Waals surface area contributed by atoms with Gasteiger partial charge in [0.2, 0.25) is 0 Å². The second-order valence-electron chi connectivity index (χ2n) is 5.85. The Balaban J connectivity index is 1.83. The van der Waals surface area contributed by atoms with Gasteiger partial charge in [-0.2, -0.15) is 0 Å². The van der Waals surface area contributed by atoms with E-state index in [4.69, 9.17) is 12.2 Å². The van der Waals surface area contributed by atoms with Crippen LogP contribution >= 0.6 is 12.2 Å². The molecule has 3 aromatic rings. The summed E-state index contributed by atoms with van der Waals surface area (Å²) in [6.07, 6.45) is 1.70. The third-order valence-corrected chi connectivity index (χ3v) is 3.87. The molecule has 3 N–H and O–H groups in total. The molecule has 0 spiro atoms. The van der Waals surface area contributed by atoms with Gasteiger partial charge < -0.3 is 20.9 Å². The molecule has 2 heterocycles. The lowest BCUT2D eigenvalue weighted by atomic mass is 10.2. The zero-order chi connectivity index (χ0) is 18.5. The van der Waals surface area contributed by atoms with E-state index in [1.807, 2.05) is 62.3 Å². The summed E-state index contributed by atoms with van der Waals surface area (Å²) in [5.74, 6) is 1.26. The van der Waals surface area contributed by atoms with Crippen molar-refractivity contribution in [1.29, 1.82) is 0 Å². The summed E-state index contributed by atoms with van der Waals surface area (Å²) in [5, 5.41) is 9.87. The smallest absolute Gasteiger partial charge is 0.182 e. The molecular formula is C18H21N7S. The maximum absolute atomic E-state index is 5.19. The van der Waals surface area contributed by atoms with Crippen LogP contribution in [-0.4, -0.2) is 40.7 Å². The molecule has 1 aromatic carbocycles. The number of fused-ring (bicyclic) bond motifs is 1. The predicted molar refractivity (Wildman–Crippen MR) is 111 cm³/mol. The minimum Gasteiger partial charge on any atom is -0.378 e. The number of rotatable bonds is 5. The van der Waals surface area contributed by atoms with Gasteiger partial charge in [-0.05, 0) is 49.5 Å². The van der Waals surface area contributed by atoms with Gasteiger partial charge >= 0.3 is 0 Å². The molecule has 134 valence electrons. The number of hydrogen-bond donors (Lipinski definition) is 3. The van der Waals surface area contributed by atoms with Gasteiger partial charge in [-0.15, -0.1) is 0 Å². The molecule has 8 heteroatoms. The average molecular weight is 367 g/mol. The zero-order valence-electron chi connectivity index (χ0n) is 14.9. The van der Waals surface area contributed by atoms with Crippen LogP contribution in [-0.2, 0) is 0 Å². The lowest BCUT2D eigenvalue weighted by Gasteiger charge is -2.14. The molecule has 0 atom stereocenters. The number of aromatic nitrogens is 3. The molecule has 2 aromatic heterocycles. The highest BCUT2D eigenvalue weighted by Gasteiger charge is 2.05. The van der Waals surface area contributed by atoms with Crippen LogP contribution in [0.15, 0.2) is 42.6 Å². The number of pyridine rings is 1. The van der Waals surface area contributed by atoms with Gasteiger partial charge in [-0.3, -0.25) is 0 Å². The van der Waals surface area contributed by atoms with Gasteiger partial charge in [-0.25, -0.2) is 15.0 Å². The summed E-state index contributed by atoms with van der Waals surface area (Å²) in [6.45, 7) is 2.73. The maximum Gasteiger partial charge on any atom is 0.182 e. The Morgan fingerprint density at radius 3 is 2.69 bits per heavy atom. The molecule has 0 aliphatic rings. The first kappa shape index (κ1) is 17.8. The highest BCUT2D eigenvalue weighted by molar-refractivity contribution is 7.80. The van der Waals surface area contributed by atoms with E-state index in [-0.39, 0.29) is 0 Å². The molecule has 26 heavy (non-hydrogen) atoms. The molecule has 0 unspecified atom stereocenters. The van der Waals surface area contributed by atoms with Crippen LogP contribution in [0.1, 0.15) is 6.92 Å². The van der Waals surface area contributed by atoms with Crippen LogP contribution in [0.4, 0.5) is 23.0 Å². The van der Waals surface area contributed by atoms with Crippen LogP contribution in [0.2, 0.25) is 0 Å². The second kappa shape index (κ2) is 7.92. The summed E-state index contributed by atoms with van der Waals surface area (Å²) in [7, 11) is 4.01. The quantitative estimate of drug-likeness (QED) is 0.594. The minimum atomic E-state index is 0.530. The molecule has 3 rings (SSSR count). The fourth-order valence-corrected chi connectivity index (χ4v) is 2.61. The largest absolute Gasteiger partial charge is 0.378 e. The van der Waals surface area contributed by atoms with Gasteiger partial charge in [-0.1, -0.05) is 6.07 Å². The molecule has 0 aliphatic carbocycles. The third kappa shape index (κ3) is 4.34. The van der Waals surface area contributed by atoms with E-state index in [0.29, 0.717) is 22.4 Å². The maximum atomic E-state index is 5.19. The van der Waals surface area contributed by atoms with E-state index in [1.165, 1.54) is 0 Å². The number of nitrogens with one attached hydrogen (secondary N) is 3. The Kier molecular flexibility index (Phi) is 5.43. The van der Waals surface area contributed by atoms with Crippen molar-refractivity contribution >= 4 is 51.5 Å². The molecule has 0 bridgehead atoms. The number of benzene rings is 1. The van der Waals surface area contributed by atoms with Crippen LogP contribution in [0.5, 0.6) is 0 Å². The topological polar surface area (TPSA) is 78.0 Å².